The van der Waals surface area contributed by atoms with Gasteiger partial charge in [-0.15, -0.1) is 0 Å². The number of rotatable bonds is 2. The first-order valence-electron chi connectivity index (χ1n) is 6.30. The molecule has 0 aromatic heterocycles. The summed E-state index contributed by atoms with van der Waals surface area (Å²) in [5, 5.41) is 4.66. The Bertz CT molecular complexity index is 275. The minimum atomic E-state index is 0.225. The quantitative estimate of drug-likeness (QED) is 0.801. The predicted octanol–water partition coefficient (Wildman–Crippen LogP) is 1.94. The van der Waals surface area contributed by atoms with E-state index in [0.29, 0.717) is 6.04 Å². The molecule has 1 atom stereocenters. The number of hydrogen-bond acceptors (Lipinski definition) is 3. The Kier molecular flexibility index (Phi) is 3.80. The molecule has 0 saturated carbocycles. The van der Waals surface area contributed by atoms with Gasteiger partial charge in [-0.1, -0.05) is 18.7 Å². The maximum absolute atomic E-state index is 4.86. The summed E-state index contributed by atoms with van der Waals surface area (Å²) in [7, 11) is 0. The van der Waals surface area contributed by atoms with E-state index in [9.17, 15) is 0 Å². The van der Waals surface area contributed by atoms with E-state index < -0.39 is 0 Å². The molecule has 0 amide bonds. The number of likely N-dealkylation sites (tertiary alicyclic amines) is 1. The molecular weight excluding hydrogens is 218 g/mol. The van der Waals surface area contributed by atoms with E-state index in [4.69, 9.17) is 4.99 Å². The summed E-state index contributed by atoms with van der Waals surface area (Å²) in [6, 6.07) is 0.512. The van der Waals surface area contributed by atoms with Crippen molar-refractivity contribution in [3.8, 4) is 0 Å². The molecule has 4 heteroatoms. The van der Waals surface area contributed by atoms with Crippen molar-refractivity contribution >= 4 is 16.9 Å². The minimum absolute atomic E-state index is 0.225. The van der Waals surface area contributed by atoms with E-state index in [1.807, 2.05) is 11.8 Å². The van der Waals surface area contributed by atoms with Crippen LogP contribution in [0.5, 0.6) is 0 Å². The molecular formula is C12H23N3S. The second-order valence-electron chi connectivity index (χ2n) is 5.42. The van der Waals surface area contributed by atoms with Gasteiger partial charge in [0.1, 0.15) is 0 Å². The molecule has 0 aliphatic carbocycles. The molecule has 16 heavy (non-hydrogen) atoms. The van der Waals surface area contributed by atoms with Gasteiger partial charge >= 0.3 is 0 Å². The van der Waals surface area contributed by atoms with Gasteiger partial charge in [0.15, 0.2) is 5.17 Å². The smallest absolute Gasteiger partial charge is 0.157 e. The van der Waals surface area contributed by atoms with E-state index >= 15 is 0 Å². The Morgan fingerprint density at radius 1 is 1.56 bits per heavy atom. The molecule has 0 spiro atoms. The van der Waals surface area contributed by atoms with Crippen molar-refractivity contribution in [2.45, 2.75) is 45.2 Å². The highest BCUT2D eigenvalue weighted by Crippen LogP contribution is 2.24. The van der Waals surface area contributed by atoms with Crippen molar-refractivity contribution in [1.29, 1.82) is 0 Å². The van der Waals surface area contributed by atoms with Crippen LogP contribution < -0.4 is 5.32 Å². The lowest BCUT2D eigenvalue weighted by Gasteiger charge is -2.29. The largest absolute Gasteiger partial charge is 0.359 e. The first-order chi connectivity index (χ1) is 7.59. The van der Waals surface area contributed by atoms with Crippen LogP contribution in [0.4, 0.5) is 0 Å². The van der Waals surface area contributed by atoms with Crippen molar-refractivity contribution in [3.63, 3.8) is 0 Å². The normalized spacial score (nSPS) is 32.9. The first-order valence-corrected chi connectivity index (χ1v) is 7.29. The molecule has 0 bridgehead atoms. The number of amidine groups is 1. The Labute approximate surface area is 103 Å². The molecule has 0 aromatic carbocycles. The van der Waals surface area contributed by atoms with Crippen molar-refractivity contribution < 1.29 is 0 Å². The van der Waals surface area contributed by atoms with Gasteiger partial charge in [0.25, 0.3) is 0 Å². The lowest BCUT2D eigenvalue weighted by Crippen LogP contribution is -2.40. The third-order valence-corrected chi connectivity index (χ3v) is 4.59. The van der Waals surface area contributed by atoms with Crippen LogP contribution in [-0.2, 0) is 0 Å². The molecule has 1 unspecified atom stereocenters. The fraction of sp³-hybridized carbons (Fsp3) is 0.917. The van der Waals surface area contributed by atoms with Crippen LogP contribution in [0.3, 0.4) is 0 Å². The highest BCUT2D eigenvalue weighted by atomic mass is 32.2. The fourth-order valence-corrected chi connectivity index (χ4v) is 3.41. The minimum Gasteiger partial charge on any atom is -0.359 e. The molecule has 2 aliphatic heterocycles. The van der Waals surface area contributed by atoms with Crippen LogP contribution in [0.25, 0.3) is 0 Å². The summed E-state index contributed by atoms with van der Waals surface area (Å²) >= 11 is 1.87. The number of nitrogens with zero attached hydrogens (tertiary/aromatic N) is 2. The van der Waals surface area contributed by atoms with Gasteiger partial charge in [0.2, 0.25) is 0 Å². The molecule has 1 N–H and O–H groups in total. The van der Waals surface area contributed by atoms with E-state index in [1.54, 1.807) is 0 Å². The number of thioether (sulfide) groups is 1. The SMILES string of the molecule is CCN1CCCC(N=C2NC(C)(C)CS2)C1. The lowest BCUT2D eigenvalue weighted by molar-refractivity contribution is 0.220. The van der Waals surface area contributed by atoms with Gasteiger partial charge in [-0.3, -0.25) is 4.99 Å². The van der Waals surface area contributed by atoms with Gasteiger partial charge in [-0.05, 0) is 39.8 Å². The van der Waals surface area contributed by atoms with E-state index in [-0.39, 0.29) is 5.54 Å². The second-order valence-corrected chi connectivity index (χ2v) is 6.39. The van der Waals surface area contributed by atoms with E-state index in [0.717, 1.165) is 24.0 Å². The Morgan fingerprint density at radius 3 is 3.00 bits per heavy atom. The maximum Gasteiger partial charge on any atom is 0.157 e. The van der Waals surface area contributed by atoms with Gasteiger partial charge in [-0.25, -0.2) is 0 Å². The van der Waals surface area contributed by atoms with Gasteiger partial charge < -0.3 is 10.2 Å². The average molecular weight is 241 g/mol. The van der Waals surface area contributed by atoms with Crippen LogP contribution in [0.15, 0.2) is 4.99 Å². The zero-order valence-electron chi connectivity index (χ0n) is 10.6. The summed E-state index contributed by atoms with van der Waals surface area (Å²) in [4.78, 5) is 7.36. The Hall–Kier alpha value is -0.220. The second kappa shape index (κ2) is 4.96. The highest BCUT2D eigenvalue weighted by molar-refractivity contribution is 8.14. The molecule has 92 valence electrons. The molecule has 2 heterocycles. The summed E-state index contributed by atoms with van der Waals surface area (Å²) in [6.45, 7) is 10.3. The van der Waals surface area contributed by atoms with Crippen LogP contribution in [0, 0.1) is 0 Å². The first kappa shape index (κ1) is 12.2. The van der Waals surface area contributed by atoms with Crippen molar-refractivity contribution in [1.82, 2.24) is 10.2 Å². The average Bonchev–Trinajstić information content (AvgIpc) is 2.58. The Balaban J connectivity index is 1.91. The van der Waals surface area contributed by atoms with Crippen molar-refractivity contribution in [2.24, 2.45) is 4.99 Å². The molecule has 2 saturated heterocycles. The highest BCUT2D eigenvalue weighted by Gasteiger charge is 2.28. The molecule has 2 aliphatic rings. The summed E-state index contributed by atoms with van der Waals surface area (Å²) in [5.41, 5.74) is 0.225. The fourth-order valence-electron chi connectivity index (χ4n) is 2.27. The van der Waals surface area contributed by atoms with Crippen LogP contribution >= 0.6 is 11.8 Å². The number of piperidine rings is 1. The van der Waals surface area contributed by atoms with E-state index in [2.05, 4.69) is 31.0 Å². The van der Waals surface area contributed by atoms with Crippen molar-refractivity contribution in [3.05, 3.63) is 0 Å². The molecule has 2 fully saturated rings. The number of hydrogen-bond donors (Lipinski definition) is 1. The summed E-state index contributed by atoms with van der Waals surface area (Å²) in [5.74, 6) is 1.13. The van der Waals surface area contributed by atoms with E-state index in [1.165, 1.54) is 19.4 Å². The van der Waals surface area contributed by atoms with Crippen LogP contribution in [0.2, 0.25) is 0 Å². The molecule has 2 rings (SSSR count). The predicted molar refractivity (Wildman–Crippen MR) is 72.2 cm³/mol. The zero-order chi connectivity index (χ0) is 11.6. The van der Waals surface area contributed by atoms with Gasteiger partial charge in [-0.2, -0.15) is 0 Å². The zero-order valence-corrected chi connectivity index (χ0v) is 11.4. The number of nitrogens with one attached hydrogen (secondary N) is 1. The van der Waals surface area contributed by atoms with Crippen LogP contribution in [-0.4, -0.2) is 47.0 Å². The summed E-state index contributed by atoms with van der Waals surface area (Å²) in [6.07, 6.45) is 2.55. The third kappa shape index (κ3) is 3.14. The van der Waals surface area contributed by atoms with Crippen LogP contribution in [0.1, 0.15) is 33.6 Å². The number of likely N-dealkylation sites (N-methyl/N-ethyl adjacent to an activating group) is 1. The maximum atomic E-state index is 4.86. The van der Waals surface area contributed by atoms with Gasteiger partial charge in [0.05, 0.1) is 6.04 Å². The number of aliphatic imine (C=N–C) groups is 1. The lowest BCUT2D eigenvalue weighted by atomic mass is 10.1. The van der Waals surface area contributed by atoms with Gasteiger partial charge in [0, 0.05) is 17.8 Å². The monoisotopic (exact) mass is 241 g/mol. The molecule has 0 aromatic rings. The van der Waals surface area contributed by atoms with Crippen molar-refractivity contribution in [2.75, 3.05) is 25.4 Å². The molecule has 0 radical (unpaired) electrons. The summed E-state index contributed by atoms with van der Waals surface area (Å²) < 4.78 is 0. The topological polar surface area (TPSA) is 27.6 Å². The third-order valence-electron chi connectivity index (χ3n) is 3.24. The Morgan fingerprint density at radius 2 is 2.38 bits per heavy atom. The molecule has 3 nitrogen and oxygen atoms in total. The standard InChI is InChI=1S/C12H23N3S/c1-4-15-7-5-6-10(8-15)13-11-14-12(2,3)9-16-11/h10H,4-9H2,1-3H3,(H,13,14).